The molecule has 2 heterocycles. The molecule has 1 aromatic carbocycles. The first-order valence-corrected chi connectivity index (χ1v) is 6.91. The molecule has 0 unspecified atom stereocenters. The van der Waals surface area contributed by atoms with Crippen LogP contribution in [0.2, 0.25) is 0 Å². The molecule has 102 valence electrons. The summed E-state index contributed by atoms with van der Waals surface area (Å²) in [6.45, 7) is 3.82. The van der Waals surface area contributed by atoms with Gasteiger partial charge < -0.3 is 10.4 Å². The summed E-state index contributed by atoms with van der Waals surface area (Å²) in [5.74, 6) is -0.0779. The van der Waals surface area contributed by atoms with E-state index >= 15 is 0 Å². The van der Waals surface area contributed by atoms with Crippen molar-refractivity contribution >= 4 is 27.9 Å². The van der Waals surface area contributed by atoms with E-state index in [1.54, 1.807) is 29.7 Å². The number of carbonyl (C=O) groups excluding carboxylic acids is 1. The second kappa shape index (κ2) is 4.64. The van der Waals surface area contributed by atoms with Gasteiger partial charge in [-0.2, -0.15) is 0 Å². The summed E-state index contributed by atoms with van der Waals surface area (Å²) in [6, 6.07) is 4.81. The third-order valence-electron chi connectivity index (χ3n) is 2.96. The number of aryl methyl sites for hydroxylation is 2. The van der Waals surface area contributed by atoms with Crippen LogP contribution in [0, 0.1) is 13.8 Å². The van der Waals surface area contributed by atoms with E-state index in [1.165, 1.54) is 6.07 Å². The van der Waals surface area contributed by atoms with E-state index in [0.29, 0.717) is 11.4 Å². The topological polar surface area (TPSA) is 66.6 Å². The Balaban J connectivity index is 1.86. The molecular weight excluding hydrogens is 274 g/mol. The van der Waals surface area contributed by atoms with Crippen LogP contribution < -0.4 is 5.32 Å². The van der Waals surface area contributed by atoms with Gasteiger partial charge in [0.15, 0.2) is 4.96 Å². The van der Waals surface area contributed by atoms with Crippen molar-refractivity contribution in [3.05, 3.63) is 46.7 Å². The molecule has 0 spiro atoms. The SMILES string of the molecule is Cc1cn2cc(C(=O)Nc3ccc(O)cc3C)nc2s1. The fourth-order valence-electron chi connectivity index (χ4n) is 1.99. The highest BCUT2D eigenvalue weighted by Crippen LogP contribution is 2.21. The number of aromatic nitrogens is 2. The van der Waals surface area contributed by atoms with Crippen LogP contribution in [-0.4, -0.2) is 20.4 Å². The highest BCUT2D eigenvalue weighted by Gasteiger charge is 2.13. The van der Waals surface area contributed by atoms with E-state index in [1.807, 2.05) is 24.4 Å². The Morgan fingerprint density at radius 3 is 2.85 bits per heavy atom. The van der Waals surface area contributed by atoms with Crippen molar-refractivity contribution in [2.75, 3.05) is 5.32 Å². The third kappa shape index (κ3) is 2.25. The van der Waals surface area contributed by atoms with Crippen LogP contribution in [0.4, 0.5) is 5.69 Å². The summed E-state index contributed by atoms with van der Waals surface area (Å²) in [5, 5.41) is 12.2. The molecule has 0 fully saturated rings. The molecule has 2 aromatic heterocycles. The molecule has 5 nitrogen and oxygen atoms in total. The first-order chi connectivity index (χ1) is 9.52. The lowest BCUT2D eigenvalue weighted by Crippen LogP contribution is -2.13. The summed E-state index contributed by atoms with van der Waals surface area (Å²) in [7, 11) is 0. The Bertz CT molecular complexity index is 772. The molecule has 0 bridgehead atoms. The molecule has 20 heavy (non-hydrogen) atoms. The zero-order valence-corrected chi connectivity index (χ0v) is 11.9. The Morgan fingerprint density at radius 2 is 2.15 bits per heavy atom. The van der Waals surface area contributed by atoms with Gasteiger partial charge in [0.2, 0.25) is 0 Å². The normalized spacial score (nSPS) is 10.9. The highest BCUT2D eigenvalue weighted by atomic mass is 32.1. The zero-order valence-electron chi connectivity index (χ0n) is 11.0. The van der Waals surface area contributed by atoms with Gasteiger partial charge in [-0.3, -0.25) is 9.20 Å². The Morgan fingerprint density at radius 1 is 1.35 bits per heavy atom. The molecule has 1 amide bonds. The Labute approximate surface area is 119 Å². The minimum absolute atomic E-state index is 0.179. The first kappa shape index (κ1) is 12.7. The number of phenols is 1. The maximum absolute atomic E-state index is 12.2. The molecule has 2 N–H and O–H groups in total. The number of fused-ring (bicyclic) bond motifs is 1. The maximum atomic E-state index is 12.2. The fourth-order valence-corrected chi connectivity index (χ4v) is 2.80. The number of aromatic hydroxyl groups is 1. The first-order valence-electron chi connectivity index (χ1n) is 6.09. The largest absolute Gasteiger partial charge is 0.508 e. The number of amides is 1. The van der Waals surface area contributed by atoms with Gasteiger partial charge >= 0.3 is 0 Å². The summed E-state index contributed by atoms with van der Waals surface area (Å²) in [6.07, 6.45) is 3.65. The molecule has 3 aromatic rings. The van der Waals surface area contributed by atoms with Gasteiger partial charge in [0.1, 0.15) is 11.4 Å². The van der Waals surface area contributed by atoms with Gasteiger partial charge in [-0.05, 0) is 37.6 Å². The molecule has 0 saturated carbocycles. The number of rotatable bonds is 2. The average molecular weight is 287 g/mol. The molecule has 0 saturated heterocycles. The summed E-state index contributed by atoms with van der Waals surface area (Å²) in [5.41, 5.74) is 1.85. The lowest BCUT2D eigenvalue weighted by molar-refractivity contribution is 0.102. The third-order valence-corrected chi connectivity index (χ3v) is 3.87. The number of hydrogen-bond acceptors (Lipinski definition) is 4. The second-order valence-electron chi connectivity index (χ2n) is 4.61. The second-order valence-corrected chi connectivity index (χ2v) is 5.82. The van der Waals surface area contributed by atoms with Gasteiger partial charge in [0.05, 0.1) is 0 Å². The monoisotopic (exact) mass is 287 g/mol. The van der Waals surface area contributed by atoms with Crippen molar-refractivity contribution in [2.24, 2.45) is 0 Å². The zero-order chi connectivity index (χ0) is 14.3. The van der Waals surface area contributed by atoms with Crippen molar-refractivity contribution in [2.45, 2.75) is 13.8 Å². The van der Waals surface area contributed by atoms with E-state index < -0.39 is 0 Å². The van der Waals surface area contributed by atoms with Gasteiger partial charge in [-0.25, -0.2) is 4.98 Å². The number of nitrogens with zero attached hydrogens (tertiary/aromatic N) is 2. The van der Waals surface area contributed by atoms with Gasteiger partial charge in [-0.1, -0.05) is 0 Å². The number of phenolic OH excluding ortho intramolecular Hbond substituents is 1. The maximum Gasteiger partial charge on any atom is 0.275 e. The molecular formula is C14H13N3O2S. The molecule has 0 aliphatic rings. The summed E-state index contributed by atoms with van der Waals surface area (Å²) in [4.78, 5) is 18.4. The van der Waals surface area contributed by atoms with Crippen LogP contribution in [0.5, 0.6) is 5.75 Å². The van der Waals surface area contributed by atoms with Gasteiger partial charge in [0, 0.05) is 23.0 Å². The van der Waals surface area contributed by atoms with Crippen LogP contribution >= 0.6 is 11.3 Å². The van der Waals surface area contributed by atoms with E-state index in [2.05, 4.69) is 10.3 Å². The standard InChI is InChI=1S/C14H13N3O2S/c1-8-5-10(18)3-4-11(8)15-13(19)12-7-17-6-9(2)20-14(17)16-12/h3-7,18H,1-2H3,(H,15,19). The van der Waals surface area contributed by atoms with Crippen LogP contribution in [0.15, 0.2) is 30.6 Å². The number of imidazole rings is 1. The molecule has 3 rings (SSSR count). The quantitative estimate of drug-likeness (QED) is 0.712. The molecule has 6 heteroatoms. The lowest BCUT2D eigenvalue weighted by Gasteiger charge is -2.07. The number of benzene rings is 1. The summed E-state index contributed by atoms with van der Waals surface area (Å²) >= 11 is 1.54. The van der Waals surface area contributed by atoms with Crippen LogP contribution in [0.3, 0.4) is 0 Å². The predicted octanol–water partition coefficient (Wildman–Crippen LogP) is 2.97. The van der Waals surface area contributed by atoms with Crippen molar-refractivity contribution in [3.8, 4) is 5.75 Å². The molecule has 0 aliphatic carbocycles. The Kier molecular flexibility index (Phi) is 2.94. The van der Waals surface area contributed by atoms with Gasteiger partial charge in [0.25, 0.3) is 5.91 Å². The number of nitrogens with one attached hydrogen (secondary N) is 1. The fraction of sp³-hybridized carbons (Fsp3) is 0.143. The minimum atomic E-state index is -0.257. The van der Waals surface area contributed by atoms with Crippen LogP contribution in [0.1, 0.15) is 20.9 Å². The number of thiazole rings is 1. The Hall–Kier alpha value is -2.34. The highest BCUT2D eigenvalue weighted by molar-refractivity contribution is 7.17. The van der Waals surface area contributed by atoms with E-state index in [9.17, 15) is 9.90 Å². The van der Waals surface area contributed by atoms with Gasteiger partial charge in [-0.15, -0.1) is 11.3 Å². The number of carbonyl (C=O) groups is 1. The molecule has 0 aliphatic heterocycles. The number of hydrogen-bond donors (Lipinski definition) is 2. The average Bonchev–Trinajstić information content (AvgIpc) is 2.89. The smallest absolute Gasteiger partial charge is 0.275 e. The van der Waals surface area contributed by atoms with Crippen LogP contribution in [-0.2, 0) is 0 Å². The van der Waals surface area contributed by atoms with E-state index in [-0.39, 0.29) is 11.7 Å². The van der Waals surface area contributed by atoms with Crippen molar-refractivity contribution in [1.29, 1.82) is 0 Å². The van der Waals surface area contributed by atoms with Crippen molar-refractivity contribution in [1.82, 2.24) is 9.38 Å². The summed E-state index contributed by atoms with van der Waals surface area (Å²) < 4.78 is 1.85. The van der Waals surface area contributed by atoms with Crippen molar-refractivity contribution < 1.29 is 9.90 Å². The molecule has 0 radical (unpaired) electrons. The van der Waals surface area contributed by atoms with Crippen LogP contribution in [0.25, 0.3) is 4.96 Å². The number of anilines is 1. The van der Waals surface area contributed by atoms with E-state index in [4.69, 9.17) is 0 Å². The van der Waals surface area contributed by atoms with E-state index in [0.717, 1.165) is 15.4 Å². The minimum Gasteiger partial charge on any atom is -0.508 e. The lowest BCUT2D eigenvalue weighted by atomic mass is 10.2. The predicted molar refractivity (Wildman–Crippen MR) is 78.6 cm³/mol. The molecule has 0 atom stereocenters. The van der Waals surface area contributed by atoms with Crippen molar-refractivity contribution in [3.63, 3.8) is 0 Å².